The number of rotatable bonds is 24. The Balaban J connectivity index is 4.46. The largest absolute Gasteiger partial charge is 0.465 e. The smallest absolute Gasteiger partial charge is 0.323 e. The van der Waals surface area contributed by atoms with Crippen LogP contribution in [0.5, 0.6) is 0 Å². The number of esters is 2. The maximum Gasteiger partial charge on any atom is 0.323 e. The van der Waals surface area contributed by atoms with Crippen molar-refractivity contribution in [3.63, 3.8) is 0 Å². The molecule has 0 heterocycles. The Morgan fingerprint density at radius 1 is 0.667 bits per heavy atom. The lowest BCUT2D eigenvalue weighted by Crippen LogP contribution is -2.39. The molecule has 0 aliphatic rings. The van der Waals surface area contributed by atoms with Crippen LogP contribution in [0, 0.1) is 5.41 Å². The normalized spacial score (nSPS) is 13.0. The van der Waals surface area contributed by atoms with Gasteiger partial charge in [-0.15, -0.1) is 0 Å². The SMILES string of the molecule is CCCCCCCCOC(=O)C(C)(CCCCCCNCCCO)C(=O)OCCCCCC. The number of hydrogen-bond acceptors (Lipinski definition) is 6. The lowest BCUT2D eigenvalue weighted by molar-refractivity contribution is -0.172. The Morgan fingerprint density at radius 3 is 1.70 bits per heavy atom. The van der Waals surface area contributed by atoms with E-state index in [1.807, 2.05) is 0 Å². The van der Waals surface area contributed by atoms with Crippen LogP contribution in [0.3, 0.4) is 0 Å². The van der Waals surface area contributed by atoms with Crippen molar-refractivity contribution in [2.24, 2.45) is 5.41 Å². The van der Waals surface area contributed by atoms with E-state index in [9.17, 15) is 9.59 Å². The summed E-state index contributed by atoms with van der Waals surface area (Å²) in [6.45, 7) is 8.77. The molecule has 0 aromatic heterocycles. The number of hydrogen-bond donors (Lipinski definition) is 2. The monoisotopic (exact) mass is 471 g/mol. The van der Waals surface area contributed by atoms with E-state index < -0.39 is 17.4 Å². The first kappa shape index (κ1) is 31.9. The van der Waals surface area contributed by atoms with Gasteiger partial charge < -0.3 is 19.9 Å². The molecule has 0 aliphatic carbocycles. The molecule has 2 N–H and O–H groups in total. The highest BCUT2D eigenvalue weighted by Crippen LogP contribution is 2.29. The highest BCUT2D eigenvalue weighted by molar-refractivity contribution is 5.99. The van der Waals surface area contributed by atoms with Crippen molar-refractivity contribution in [2.45, 2.75) is 124 Å². The number of unbranched alkanes of at least 4 members (excludes halogenated alkanes) is 11. The van der Waals surface area contributed by atoms with E-state index in [0.29, 0.717) is 19.6 Å². The molecule has 0 amide bonds. The predicted octanol–water partition coefficient (Wildman–Crippen LogP) is 5.94. The summed E-state index contributed by atoms with van der Waals surface area (Å²) in [6.07, 6.45) is 16.0. The molecule has 196 valence electrons. The molecule has 6 nitrogen and oxygen atoms in total. The Hall–Kier alpha value is -1.14. The van der Waals surface area contributed by atoms with Crippen LogP contribution < -0.4 is 5.32 Å². The molecule has 0 saturated heterocycles. The third-order valence-corrected chi connectivity index (χ3v) is 6.16. The second kappa shape index (κ2) is 22.6. The van der Waals surface area contributed by atoms with Gasteiger partial charge in [0.2, 0.25) is 0 Å². The molecule has 0 aromatic carbocycles. The van der Waals surface area contributed by atoms with E-state index in [1.54, 1.807) is 6.92 Å². The van der Waals surface area contributed by atoms with E-state index in [1.165, 1.54) is 19.3 Å². The molecule has 6 heteroatoms. The first-order chi connectivity index (χ1) is 16.0. The lowest BCUT2D eigenvalue weighted by Gasteiger charge is -2.25. The molecule has 0 aliphatic heterocycles. The van der Waals surface area contributed by atoms with Crippen molar-refractivity contribution < 1.29 is 24.2 Å². The van der Waals surface area contributed by atoms with Crippen molar-refractivity contribution in [2.75, 3.05) is 32.9 Å². The van der Waals surface area contributed by atoms with Gasteiger partial charge in [0.05, 0.1) is 13.2 Å². The molecule has 0 aromatic rings. The second-order valence-electron chi connectivity index (χ2n) is 9.42. The van der Waals surface area contributed by atoms with Crippen LogP contribution in [0.25, 0.3) is 0 Å². The molecule has 0 radical (unpaired) electrons. The van der Waals surface area contributed by atoms with E-state index in [0.717, 1.165) is 90.1 Å². The average molecular weight is 472 g/mol. The summed E-state index contributed by atoms with van der Waals surface area (Å²) in [5.41, 5.74) is -1.22. The molecule has 0 rings (SSSR count). The van der Waals surface area contributed by atoms with Crippen molar-refractivity contribution >= 4 is 11.9 Å². The second-order valence-corrected chi connectivity index (χ2v) is 9.42. The zero-order valence-electron chi connectivity index (χ0n) is 21.9. The summed E-state index contributed by atoms with van der Waals surface area (Å²) in [5.74, 6) is -0.863. The maximum atomic E-state index is 12.9. The number of ether oxygens (including phenoxy) is 2. The summed E-state index contributed by atoms with van der Waals surface area (Å²) in [7, 11) is 0. The van der Waals surface area contributed by atoms with Gasteiger partial charge in [-0.3, -0.25) is 9.59 Å². The van der Waals surface area contributed by atoms with Crippen molar-refractivity contribution in [3.8, 4) is 0 Å². The first-order valence-corrected chi connectivity index (χ1v) is 13.7. The predicted molar refractivity (Wildman–Crippen MR) is 135 cm³/mol. The fourth-order valence-electron chi connectivity index (χ4n) is 3.76. The van der Waals surface area contributed by atoms with Crippen molar-refractivity contribution in [1.82, 2.24) is 5.32 Å². The molecule has 0 fully saturated rings. The summed E-state index contributed by atoms with van der Waals surface area (Å²) >= 11 is 0. The Labute approximate surface area is 203 Å². The van der Waals surface area contributed by atoms with Gasteiger partial charge in [0.25, 0.3) is 0 Å². The van der Waals surface area contributed by atoms with Gasteiger partial charge >= 0.3 is 11.9 Å². The molecule has 0 bridgehead atoms. The van der Waals surface area contributed by atoms with E-state index in [2.05, 4.69) is 19.2 Å². The van der Waals surface area contributed by atoms with Crippen LogP contribution in [0.15, 0.2) is 0 Å². The third-order valence-electron chi connectivity index (χ3n) is 6.16. The first-order valence-electron chi connectivity index (χ1n) is 13.7. The van der Waals surface area contributed by atoms with Crippen LogP contribution in [0.2, 0.25) is 0 Å². The van der Waals surface area contributed by atoms with Gasteiger partial charge in [0, 0.05) is 6.61 Å². The molecular formula is C27H53NO5. The topological polar surface area (TPSA) is 84.9 Å². The van der Waals surface area contributed by atoms with Crippen LogP contribution in [0.4, 0.5) is 0 Å². The fraction of sp³-hybridized carbons (Fsp3) is 0.926. The molecule has 1 unspecified atom stereocenters. The molecule has 33 heavy (non-hydrogen) atoms. The molecule has 0 saturated carbocycles. The Bertz CT molecular complexity index is 471. The summed E-state index contributed by atoms with van der Waals surface area (Å²) in [4.78, 5) is 25.7. The van der Waals surface area contributed by atoms with Crippen molar-refractivity contribution in [3.05, 3.63) is 0 Å². The number of carbonyl (C=O) groups excluding carboxylic acids is 2. The minimum atomic E-state index is -1.22. The minimum absolute atomic E-state index is 0.218. The van der Waals surface area contributed by atoms with Crippen LogP contribution >= 0.6 is 0 Å². The highest BCUT2D eigenvalue weighted by atomic mass is 16.6. The van der Waals surface area contributed by atoms with Gasteiger partial charge in [-0.05, 0) is 52.1 Å². The zero-order chi connectivity index (χ0) is 24.6. The summed E-state index contributed by atoms with van der Waals surface area (Å²) in [5, 5.41) is 12.1. The van der Waals surface area contributed by atoms with Gasteiger partial charge in [-0.2, -0.15) is 0 Å². The average Bonchev–Trinajstić information content (AvgIpc) is 2.81. The standard InChI is InChI=1S/C27H53NO5/c1-4-6-8-10-13-17-24-33-26(31)27(3,25(30)32-23-16-9-7-5-2)19-14-11-12-15-20-28-21-18-22-29/h28-29H,4-24H2,1-3H3. The van der Waals surface area contributed by atoms with Gasteiger partial charge in [-0.1, -0.05) is 84.5 Å². The van der Waals surface area contributed by atoms with Gasteiger partial charge in [-0.25, -0.2) is 0 Å². The van der Waals surface area contributed by atoms with E-state index in [-0.39, 0.29) is 6.61 Å². The fourth-order valence-corrected chi connectivity index (χ4v) is 3.76. The van der Waals surface area contributed by atoms with E-state index in [4.69, 9.17) is 14.6 Å². The maximum absolute atomic E-state index is 12.9. The third kappa shape index (κ3) is 17.0. The van der Waals surface area contributed by atoms with Crippen molar-refractivity contribution in [1.29, 1.82) is 0 Å². The number of carbonyl (C=O) groups is 2. The summed E-state index contributed by atoms with van der Waals surface area (Å²) in [6, 6.07) is 0. The lowest BCUT2D eigenvalue weighted by atomic mass is 9.84. The minimum Gasteiger partial charge on any atom is -0.465 e. The van der Waals surface area contributed by atoms with E-state index >= 15 is 0 Å². The quantitative estimate of drug-likeness (QED) is 0.103. The van der Waals surface area contributed by atoms with Crippen LogP contribution in [-0.4, -0.2) is 50.0 Å². The molecular weight excluding hydrogens is 418 g/mol. The Morgan fingerprint density at radius 2 is 1.12 bits per heavy atom. The Kier molecular flexibility index (Phi) is 21.9. The number of aliphatic hydroxyl groups excluding tert-OH is 1. The van der Waals surface area contributed by atoms with Crippen LogP contribution in [-0.2, 0) is 19.1 Å². The summed E-state index contributed by atoms with van der Waals surface area (Å²) < 4.78 is 11.1. The van der Waals surface area contributed by atoms with Gasteiger partial charge in [0.1, 0.15) is 0 Å². The number of nitrogens with one attached hydrogen (secondary N) is 1. The number of aliphatic hydroxyl groups is 1. The van der Waals surface area contributed by atoms with Gasteiger partial charge in [0.15, 0.2) is 5.41 Å². The molecule has 1 atom stereocenters. The van der Waals surface area contributed by atoms with Crippen LogP contribution in [0.1, 0.15) is 124 Å². The highest BCUT2D eigenvalue weighted by Gasteiger charge is 2.43. The molecule has 0 spiro atoms. The zero-order valence-corrected chi connectivity index (χ0v) is 21.9.